The number of halogens is 3. The summed E-state index contributed by atoms with van der Waals surface area (Å²) >= 11 is 0. The van der Waals surface area contributed by atoms with E-state index in [0.29, 0.717) is 55.4 Å². The first kappa shape index (κ1) is 36.5. The lowest BCUT2D eigenvalue weighted by molar-refractivity contribution is -0.203. The number of alkyl halides is 3. The summed E-state index contributed by atoms with van der Waals surface area (Å²) in [5, 5.41) is 11.5. The van der Waals surface area contributed by atoms with E-state index in [4.69, 9.17) is 0 Å². The number of fused-ring (bicyclic) bond motifs is 1. The van der Waals surface area contributed by atoms with E-state index in [2.05, 4.69) is 50.8 Å². The maximum atomic E-state index is 14.4. The molecule has 10 unspecified atom stereocenters. The molecule has 264 valence electrons. The number of hydrogen-bond donors (Lipinski definition) is 1. The van der Waals surface area contributed by atoms with E-state index in [0.717, 1.165) is 50.6 Å². The number of likely N-dealkylation sites (tertiary alicyclic amines) is 1. The van der Waals surface area contributed by atoms with Gasteiger partial charge in [0, 0.05) is 12.5 Å². The zero-order chi connectivity index (χ0) is 32.8. The first-order chi connectivity index (χ1) is 22.0. The smallest absolute Gasteiger partial charge is 0.392 e. The molecule has 2 nitrogen and oxygen atoms in total. The summed E-state index contributed by atoms with van der Waals surface area (Å²) in [7, 11) is 0. The van der Waals surface area contributed by atoms with Crippen molar-refractivity contribution in [1.82, 2.24) is 4.90 Å². The normalized spacial score (nSPS) is 38.3. The number of nitrogens with zero attached hydrogens (tertiary/aromatic N) is 1. The van der Waals surface area contributed by atoms with Crippen LogP contribution in [0, 0.1) is 65.1 Å². The van der Waals surface area contributed by atoms with Gasteiger partial charge in [-0.25, -0.2) is 0 Å². The van der Waals surface area contributed by atoms with Crippen molar-refractivity contribution in [2.45, 2.75) is 149 Å². The minimum Gasteiger partial charge on any atom is -0.393 e. The summed E-state index contributed by atoms with van der Waals surface area (Å²) in [4.78, 5) is 2.32. The van der Waals surface area contributed by atoms with Crippen LogP contribution in [0.2, 0.25) is 0 Å². The zero-order valence-electron chi connectivity index (χ0n) is 29.8. The summed E-state index contributed by atoms with van der Waals surface area (Å²) in [6.45, 7) is 11.8. The molecule has 1 saturated heterocycles. The Balaban J connectivity index is 1.16. The summed E-state index contributed by atoms with van der Waals surface area (Å²) in [6.07, 6.45) is 21.2. The van der Waals surface area contributed by atoms with Crippen molar-refractivity contribution in [3.63, 3.8) is 0 Å². The third-order valence-corrected chi connectivity index (χ3v) is 13.8. The molecule has 10 atom stereocenters. The van der Waals surface area contributed by atoms with Gasteiger partial charge in [0.1, 0.15) is 0 Å². The molecule has 0 radical (unpaired) electrons. The molecule has 0 amide bonds. The predicted octanol–water partition coefficient (Wildman–Crippen LogP) is 11.3. The monoisotopic (exact) mass is 648 g/mol. The summed E-state index contributed by atoms with van der Waals surface area (Å²) in [5.41, 5.74) is 1.65. The molecule has 0 aromatic carbocycles. The van der Waals surface area contributed by atoms with E-state index < -0.39 is 18.2 Å². The van der Waals surface area contributed by atoms with Crippen molar-refractivity contribution in [3.05, 3.63) is 23.8 Å². The molecule has 46 heavy (non-hydrogen) atoms. The van der Waals surface area contributed by atoms with Crippen molar-refractivity contribution in [1.29, 1.82) is 0 Å². The van der Waals surface area contributed by atoms with Gasteiger partial charge < -0.3 is 10.0 Å². The van der Waals surface area contributed by atoms with Gasteiger partial charge >= 0.3 is 6.18 Å². The molecule has 4 aliphatic carbocycles. The Kier molecular flexibility index (Phi) is 13.3. The van der Waals surface area contributed by atoms with Crippen molar-refractivity contribution < 1.29 is 18.3 Å². The van der Waals surface area contributed by atoms with Gasteiger partial charge in [0.15, 0.2) is 0 Å². The van der Waals surface area contributed by atoms with Crippen molar-refractivity contribution in [3.8, 4) is 0 Å². The van der Waals surface area contributed by atoms with E-state index in [1.807, 2.05) is 0 Å². The first-order valence-electron chi connectivity index (χ1n) is 19.8. The van der Waals surface area contributed by atoms with Gasteiger partial charge in [0.05, 0.1) is 12.0 Å². The van der Waals surface area contributed by atoms with Gasteiger partial charge in [-0.3, -0.25) is 0 Å². The van der Waals surface area contributed by atoms with Crippen LogP contribution in [-0.2, 0) is 0 Å². The fourth-order valence-electron chi connectivity index (χ4n) is 10.7. The average molecular weight is 648 g/mol. The number of piperidine rings is 1. The highest BCUT2D eigenvalue weighted by Crippen LogP contribution is 2.47. The molecule has 0 spiro atoms. The second-order valence-corrected chi connectivity index (χ2v) is 17.4. The van der Waals surface area contributed by atoms with Crippen LogP contribution in [0.15, 0.2) is 23.8 Å². The molecular formula is C41H68F3NO. The van der Waals surface area contributed by atoms with Crippen molar-refractivity contribution in [2.24, 2.45) is 65.1 Å². The molecule has 3 fully saturated rings. The van der Waals surface area contributed by atoms with E-state index in [-0.39, 0.29) is 24.2 Å². The van der Waals surface area contributed by atoms with E-state index in [9.17, 15) is 18.3 Å². The number of aliphatic hydroxyl groups excluding tert-OH is 1. The second-order valence-electron chi connectivity index (χ2n) is 17.4. The van der Waals surface area contributed by atoms with Crippen LogP contribution in [0.5, 0.6) is 0 Å². The van der Waals surface area contributed by atoms with Crippen LogP contribution >= 0.6 is 0 Å². The molecule has 1 heterocycles. The number of rotatable bonds is 8. The Hall–Kier alpha value is -0.810. The topological polar surface area (TPSA) is 23.5 Å². The lowest BCUT2D eigenvalue weighted by atomic mass is 9.69. The van der Waals surface area contributed by atoms with Gasteiger partial charge in [-0.05, 0) is 131 Å². The molecular weight excluding hydrogens is 579 g/mol. The summed E-state index contributed by atoms with van der Waals surface area (Å²) in [6, 6.07) is 0. The molecule has 1 N–H and O–H groups in total. The number of aliphatic hydroxyl groups is 1. The van der Waals surface area contributed by atoms with Gasteiger partial charge in [-0.2, -0.15) is 13.2 Å². The second kappa shape index (κ2) is 16.7. The molecule has 5 aliphatic rings. The van der Waals surface area contributed by atoms with E-state index >= 15 is 0 Å². The number of allylic oxidation sites excluding steroid dienone is 3. The number of hydrogen-bond acceptors (Lipinski definition) is 2. The van der Waals surface area contributed by atoms with Gasteiger partial charge in [0.2, 0.25) is 0 Å². The lowest BCUT2D eigenvalue weighted by Gasteiger charge is -2.42. The molecule has 0 bridgehead atoms. The average Bonchev–Trinajstić information content (AvgIpc) is 3.20. The Morgan fingerprint density at radius 3 is 2.28 bits per heavy atom. The third kappa shape index (κ3) is 9.88. The van der Waals surface area contributed by atoms with Crippen LogP contribution in [0.25, 0.3) is 0 Å². The largest absolute Gasteiger partial charge is 0.393 e. The van der Waals surface area contributed by atoms with Crippen LogP contribution in [0.1, 0.15) is 137 Å². The van der Waals surface area contributed by atoms with Gasteiger partial charge in [-0.15, -0.1) is 0 Å². The molecule has 0 aromatic rings. The highest BCUT2D eigenvalue weighted by molar-refractivity contribution is 5.18. The minimum atomic E-state index is -4.13. The highest BCUT2D eigenvalue weighted by Gasteiger charge is 2.48. The van der Waals surface area contributed by atoms with Crippen LogP contribution in [-0.4, -0.2) is 41.9 Å². The van der Waals surface area contributed by atoms with E-state index in [1.54, 1.807) is 5.57 Å². The SMILES string of the molecule is CC1C=C(C2CC(C(O)CCC3CCC(CN4CCC(C(C)C)CC4)C(C(F)(F)F)C3)C=CC2C)CC2CCCCCC2CCC1. The fraction of sp³-hybridized carbons (Fsp3) is 0.902. The maximum Gasteiger partial charge on any atom is 0.392 e. The highest BCUT2D eigenvalue weighted by atomic mass is 19.4. The van der Waals surface area contributed by atoms with Crippen LogP contribution in [0.4, 0.5) is 13.2 Å². The molecule has 5 heteroatoms. The Morgan fingerprint density at radius 2 is 1.57 bits per heavy atom. The quantitative estimate of drug-likeness (QED) is 0.265. The Bertz CT molecular complexity index is 981. The minimum absolute atomic E-state index is 0.0663. The van der Waals surface area contributed by atoms with Gasteiger partial charge in [-0.1, -0.05) is 96.4 Å². The van der Waals surface area contributed by atoms with E-state index in [1.165, 1.54) is 57.8 Å². The Morgan fingerprint density at radius 1 is 0.848 bits per heavy atom. The summed E-state index contributed by atoms with van der Waals surface area (Å²) in [5.74, 6) is 3.32. The summed E-state index contributed by atoms with van der Waals surface area (Å²) < 4.78 is 43.2. The first-order valence-corrected chi connectivity index (χ1v) is 19.8. The predicted molar refractivity (Wildman–Crippen MR) is 185 cm³/mol. The molecule has 1 aliphatic heterocycles. The molecule has 2 saturated carbocycles. The fourth-order valence-corrected chi connectivity index (χ4v) is 10.7. The van der Waals surface area contributed by atoms with Crippen molar-refractivity contribution in [2.75, 3.05) is 19.6 Å². The maximum absolute atomic E-state index is 14.4. The van der Waals surface area contributed by atoms with Crippen LogP contribution in [0.3, 0.4) is 0 Å². The lowest BCUT2D eigenvalue weighted by Crippen LogP contribution is -2.44. The third-order valence-electron chi connectivity index (χ3n) is 13.8. The van der Waals surface area contributed by atoms with Crippen molar-refractivity contribution >= 4 is 0 Å². The van der Waals surface area contributed by atoms with Gasteiger partial charge in [0.25, 0.3) is 0 Å². The van der Waals surface area contributed by atoms with Crippen LogP contribution < -0.4 is 0 Å². The zero-order valence-corrected chi connectivity index (χ0v) is 29.8. The molecule has 0 aromatic heterocycles. The molecule has 5 rings (SSSR count). The Labute approximate surface area is 280 Å². The standard InChI is InChI=1S/C41H68F3NO/c1-28(2)32-19-21-45(22-20-32)27-36-17-14-31(24-39(36)41(42,43)44)15-18-40(46)35-16-13-30(4)38(26-35)37-23-29(3)9-8-12-33-10-6-5-7-11-34(33)25-37/h13,16,23,28-36,38-40,46H,5-12,14-15,17-22,24-27H2,1-4H3.